The summed E-state index contributed by atoms with van der Waals surface area (Å²) in [6.07, 6.45) is 0.738. The molecule has 24 heavy (non-hydrogen) atoms. The van der Waals surface area contributed by atoms with E-state index < -0.39 is 0 Å². The lowest BCUT2D eigenvalue weighted by atomic mass is 9.97. The minimum atomic E-state index is 0. The third-order valence-corrected chi connectivity index (χ3v) is 3.99. The molecule has 0 saturated carbocycles. The molecular formula is C17H20ClN5O. The number of aromatic nitrogens is 3. The average Bonchev–Trinajstić information content (AvgIpc) is 2.50. The molecule has 0 amide bonds. The lowest BCUT2D eigenvalue weighted by Crippen LogP contribution is -2.07. The molecule has 2 aromatic heterocycles. The molecule has 0 saturated heterocycles. The molecule has 0 atom stereocenters. The first-order valence-corrected chi connectivity index (χ1v) is 7.31. The number of benzene rings is 1. The van der Waals surface area contributed by atoms with Gasteiger partial charge in [-0.05, 0) is 49.1 Å². The number of halogens is 1. The van der Waals surface area contributed by atoms with Gasteiger partial charge in [-0.25, -0.2) is 4.98 Å². The van der Waals surface area contributed by atoms with Crippen LogP contribution in [0.15, 0.2) is 24.3 Å². The molecule has 6 nitrogen and oxygen atoms in total. The summed E-state index contributed by atoms with van der Waals surface area (Å²) in [5.41, 5.74) is 16.4. The Morgan fingerprint density at radius 1 is 1.08 bits per heavy atom. The van der Waals surface area contributed by atoms with Gasteiger partial charge in [-0.15, -0.1) is 12.4 Å². The minimum absolute atomic E-state index is 0. The van der Waals surface area contributed by atoms with Gasteiger partial charge in [0.05, 0.1) is 12.5 Å². The lowest BCUT2D eigenvalue weighted by Gasteiger charge is -2.14. The van der Waals surface area contributed by atoms with Crippen molar-refractivity contribution in [2.75, 3.05) is 18.6 Å². The van der Waals surface area contributed by atoms with Crippen LogP contribution >= 0.6 is 12.4 Å². The van der Waals surface area contributed by atoms with Crippen LogP contribution in [-0.2, 0) is 6.42 Å². The quantitative estimate of drug-likeness (QED) is 0.757. The largest absolute Gasteiger partial charge is 0.497 e. The molecule has 0 radical (unpaired) electrons. The highest BCUT2D eigenvalue weighted by molar-refractivity contribution is 5.90. The first kappa shape index (κ1) is 17.7. The maximum absolute atomic E-state index is 6.02. The van der Waals surface area contributed by atoms with E-state index in [1.54, 1.807) is 7.11 Å². The van der Waals surface area contributed by atoms with Crippen LogP contribution in [0.3, 0.4) is 0 Å². The van der Waals surface area contributed by atoms with E-state index in [9.17, 15) is 0 Å². The number of nitrogens with zero attached hydrogens (tertiary/aromatic N) is 3. The average molecular weight is 346 g/mol. The second kappa shape index (κ2) is 6.88. The van der Waals surface area contributed by atoms with Gasteiger partial charge >= 0.3 is 0 Å². The second-order valence-corrected chi connectivity index (χ2v) is 5.49. The van der Waals surface area contributed by atoms with E-state index in [0.29, 0.717) is 11.5 Å². The van der Waals surface area contributed by atoms with E-state index in [-0.39, 0.29) is 18.4 Å². The molecule has 2 heterocycles. The van der Waals surface area contributed by atoms with Gasteiger partial charge in [0.25, 0.3) is 0 Å². The van der Waals surface area contributed by atoms with Crippen LogP contribution in [0.1, 0.15) is 22.4 Å². The first-order chi connectivity index (χ1) is 11.0. The molecule has 1 aromatic carbocycles. The lowest BCUT2D eigenvalue weighted by molar-refractivity contribution is 0.414. The Labute approximate surface area is 146 Å². The van der Waals surface area contributed by atoms with Crippen LogP contribution in [-0.4, -0.2) is 22.1 Å². The van der Waals surface area contributed by atoms with Gasteiger partial charge < -0.3 is 16.2 Å². The number of methoxy groups -OCH3 is 1. The second-order valence-electron chi connectivity index (χ2n) is 5.49. The molecule has 4 N–H and O–H groups in total. The molecule has 0 spiro atoms. The van der Waals surface area contributed by atoms with E-state index in [0.717, 1.165) is 39.9 Å². The number of pyridine rings is 1. The normalized spacial score (nSPS) is 10.5. The van der Waals surface area contributed by atoms with Crippen molar-refractivity contribution in [3.05, 3.63) is 46.6 Å². The van der Waals surface area contributed by atoms with Gasteiger partial charge in [0.2, 0.25) is 5.95 Å². The standard InChI is InChI=1S/C17H19N5O.ClH/c1-9-13(8-11-5-4-6-12(7-11)23-3)10(2)20-16-14(9)15(18)21-17(19)22-16;/h4-7H,8H2,1-3H3,(H4,18,19,20,21,22);1H. The van der Waals surface area contributed by atoms with Crippen LogP contribution in [0.4, 0.5) is 11.8 Å². The molecule has 0 fully saturated rings. The van der Waals surface area contributed by atoms with Crippen molar-refractivity contribution in [1.82, 2.24) is 15.0 Å². The zero-order valence-electron chi connectivity index (χ0n) is 13.8. The van der Waals surface area contributed by atoms with Gasteiger partial charge in [0.1, 0.15) is 11.6 Å². The SMILES string of the molecule is COc1cccc(Cc2c(C)nc3nc(N)nc(N)c3c2C)c1.Cl. The van der Waals surface area contributed by atoms with Crippen molar-refractivity contribution in [2.45, 2.75) is 20.3 Å². The molecule has 3 rings (SSSR count). The number of aryl methyl sites for hydroxylation is 2. The highest BCUT2D eigenvalue weighted by Crippen LogP contribution is 2.28. The monoisotopic (exact) mass is 345 g/mol. The predicted octanol–water partition coefficient (Wildman–Crippen LogP) is 2.83. The Morgan fingerprint density at radius 2 is 1.83 bits per heavy atom. The molecule has 0 aliphatic carbocycles. The van der Waals surface area contributed by atoms with Crippen LogP contribution in [0.2, 0.25) is 0 Å². The van der Waals surface area contributed by atoms with Gasteiger partial charge in [-0.1, -0.05) is 12.1 Å². The molecule has 126 valence electrons. The fourth-order valence-corrected chi connectivity index (χ4v) is 2.82. The Hall–Kier alpha value is -2.60. The molecule has 0 bridgehead atoms. The van der Waals surface area contributed by atoms with Gasteiger partial charge in [-0.3, -0.25) is 0 Å². The highest BCUT2D eigenvalue weighted by atomic mass is 35.5. The van der Waals surface area contributed by atoms with E-state index >= 15 is 0 Å². The van der Waals surface area contributed by atoms with Crippen molar-refractivity contribution in [2.24, 2.45) is 0 Å². The van der Waals surface area contributed by atoms with Crippen molar-refractivity contribution in [3.63, 3.8) is 0 Å². The fraction of sp³-hybridized carbons (Fsp3) is 0.235. The third-order valence-electron chi connectivity index (χ3n) is 3.99. The van der Waals surface area contributed by atoms with E-state index in [2.05, 4.69) is 21.0 Å². The molecular weight excluding hydrogens is 326 g/mol. The molecule has 0 aliphatic heterocycles. The fourth-order valence-electron chi connectivity index (χ4n) is 2.82. The summed E-state index contributed by atoms with van der Waals surface area (Å²) in [4.78, 5) is 12.8. The predicted molar refractivity (Wildman–Crippen MR) is 98.7 cm³/mol. The molecule has 0 aliphatic rings. The summed E-state index contributed by atoms with van der Waals surface area (Å²) < 4.78 is 5.29. The van der Waals surface area contributed by atoms with Gasteiger partial charge in [-0.2, -0.15) is 9.97 Å². The van der Waals surface area contributed by atoms with Crippen molar-refractivity contribution < 1.29 is 4.74 Å². The number of fused-ring (bicyclic) bond motifs is 1. The maximum atomic E-state index is 6.02. The highest BCUT2D eigenvalue weighted by Gasteiger charge is 2.14. The summed E-state index contributed by atoms with van der Waals surface area (Å²) in [7, 11) is 1.66. The van der Waals surface area contributed by atoms with Crippen molar-refractivity contribution in [3.8, 4) is 5.75 Å². The molecule has 7 heteroatoms. The zero-order valence-corrected chi connectivity index (χ0v) is 14.6. The van der Waals surface area contributed by atoms with Crippen LogP contribution in [0.5, 0.6) is 5.75 Å². The summed E-state index contributed by atoms with van der Waals surface area (Å²) >= 11 is 0. The van der Waals surface area contributed by atoms with E-state index in [1.807, 2.05) is 32.0 Å². The van der Waals surface area contributed by atoms with E-state index in [4.69, 9.17) is 16.2 Å². The zero-order chi connectivity index (χ0) is 16.6. The summed E-state index contributed by atoms with van der Waals surface area (Å²) in [6, 6.07) is 7.99. The summed E-state index contributed by atoms with van der Waals surface area (Å²) in [5, 5.41) is 0.766. The number of anilines is 2. The smallest absolute Gasteiger partial charge is 0.224 e. The Balaban J connectivity index is 0.00000208. The van der Waals surface area contributed by atoms with Gasteiger partial charge in [0.15, 0.2) is 5.65 Å². The minimum Gasteiger partial charge on any atom is -0.497 e. The van der Waals surface area contributed by atoms with Crippen LogP contribution < -0.4 is 16.2 Å². The van der Waals surface area contributed by atoms with E-state index in [1.165, 1.54) is 0 Å². The summed E-state index contributed by atoms with van der Waals surface area (Å²) in [6.45, 7) is 3.98. The maximum Gasteiger partial charge on any atom is 0.224 e. The first-order valence-electron chi connectivity index (χ1n) is 7.31. The third kappa shape index (κ3) is 3.19. The van der Waals surface area contributed by atoms with Crippen LogP contribution in [0, 0.1) is 13.8 Å². The van der Waals surface area contributed by atoms with Gasteiger partial charge in [0, 0.05) is 5.69 Å². The number of ether oxygens (including phenoxy) is 1. The number of hydrogen-bond acceptors (Lipinski definition) is 6. The molecule has 3 aromatic rings. The molecule has 0 unspecified atom stereocenters. The Kier molecular flexibility index (Phi) is 5.09. The number of nitrogen functional groups attached to an aromatic ring is 2. The van der Waals surface area contributed by atoms with Crippen molar-refractivity contribution in [1.29, 1.82) is 0 Å². The van der Waals surface area contributed by atoms with Crippen LogP contribution in [0.25, 0.3) is 11.0 Å². The number of nitrogens with two attached hydrogens (primary N) is 2. The Morgan fingerprint density at radius 3 is 2.54 bits per heavy atom. The topological polar surface area (TPSA) is 99.9 Å². The number of rotatable bonds is 3. The Bertz CT molecular complexity index is 898. The van der Waals surface area contributed by atoms with Crippen molar-refractivity contribution >= 4 is 35.2 Å². The summed E-state index contributed by atoms with van der Waals surface area (Å²) in [5.74, 6) is 1.34. The number of hydrogen-bond donors (Lipinski definition) is 2.